The highest BCUT2D eigenvalue weighted by atomic mass is 35.5. The number of fused-ring (bicyclic) bond motifs is 1. The summed E-state index contributed by atoms with van der Waals surface area (Å²) in [5.74, 6) is -1.12. The Bertz CT molecular complexity index is 1340. The van der Waals surface area contributed by atoms with E-state index in [4.69, 9.17) is 58.1 Å². The zero-order valence-corrected chi connectivity index (χ0v) is 21.6. The van der Waals surface area contributed by atoms with E-state index in [1.165, 1.54) is 10.9 Å². The van der Waals surface area contributed by atoms with Crippen molar-refractivity contribution < 1.29 is 52.1 Å². The number of terminal acetylenes is 1. The molecular weight excluding hydrogens is 569 g/mol. The Labute approximate surface area is 212 Å². The van der Waals surface area contributed by atoms with Gasteiger partial charge in [0.25, 0.3) is 0 Å². The molecule has 5 atom stereocenters. The van der Waals surface area contributed by atoms with Crippen LogP contribution in [0.3, 0.4) is 0 Å². The summed E-state index contributed by atoms with van der Waals surface area (Å²) in [5, 5.41) is -0.384. The van der Waals surface area contributed by atoms with Crippen LogP contribution in [-0.4, -0.2) is 76.5 Å². The molecule has 1 saturated heterocycles. The number of esters is 2. The summed E-state index contributed by atoms with van der Waals surface area (Å²) < 4.78 is 46.0. The second-order valence-corrected chi connectivity index (χ2v) is 12.1. The van der Waals surface area contributed by atoms with Crippen LogP contribution in [0, 0.1) is 12.3 Å². The molecule has 1 unspecified atom stereocenters. The molecule has 3 N–H and O–H groups in total. The Kier molecular flexibility index (Phi) is 8.17. The number of hydrogen-bond donors (Lipinski definition) is 3. The summed E-state index contributed by atoms with van der Waals surface area (Å²) in [7, 11) is -9.84. The van der Waals surface area contributed by atoms with Gasteiger partial charge in [0.15, 0.2) is 22.9 Å². The van der Waals surface area contributed by atoms with E-state index >= 15 is 0 Å². The summed E-state index contributed by atoms with van der Waals surface area (Å²) in [6.07, 6.45) is 2.25. The van der Waals surface area contributed by atoms with E-state index in [0.29, 0.717) is 0 Å². The van der Waals surface area contributed by atoms with E-state index in [-0.39, 0.29) is 21.6 Å². The van der Waals surface area contributed by atoms with E-state index in [2.05, 4.69) is 20.9 Å². The topological polar surface area (TPSA) is 209 Å². The highest BCUT2D eigenvalue weighted by molar-refractivity contribution is 7.70. The summed E-state index contributed by atoms with van der Waals surface area (Å²) in [5.41, 5.74) is -2.15. The molecule has 0 aromatic carbocycles. The van der Waals surface area contributed by atoms with Crippen LogP contribution in [0.1, 0.15) is 20.1 Å². The number of rotatable bonds is 8. The van der Waals surface area contributed by atoms with E-state index in [9.17, 15) is 23.6 Å². The molecule has 0 radical (unpaired) electrons. The molecule has 1 aliphatic heterocycles. The molecule has 1 aliphatic rings. The number of aromatic nitrogens is 4. The Balaban J connectivity index is 2.11. The molecule has 3 heterocycles. The van der Waals surface area contributed by atoms with Gasteiger partial charge in [-0.1, -0.05) is 17.5 Å². The minimum Gasteiger partial charge on any atom is -0.452 e. The largest absolute Gasteiger partial charge is 0.452 e. The van der Waals surface area contributed by atoms with Gasteiger partial charge in [0.05, 0.1) is 12.9 Å². The SMILES string of the molecule is C#C[C@@]1(OC(C)=O)[C@@H](COP(=O)(O)CP(=O)(O)O)O[C@@H](n2cnc3c(Cl)nc(Cl)nc32)[C@@H]1OC(C)=O. The summed E-state index contributed by atoms with van der Waals surface area (Å²) >= 11 is 12.0. The van der Waals surface area contributed by atoms with Crippen LogP contribution in [-0.2, 0) is 37.5 Å². The van der Waals surface area contributed by atoms with Crippen LogP contribution < -0.4 is 0 Å². The third kappa shape index (κ3) is 6.06. The highest BCUT2D eigenvalue weighted by Gasteiger charge is 2.62. The maximum absolute atomic E-state index is 12.2. The van der Waals surface area contributed by atoms with Gasteiger partial charge in [0, 0.05) is 13.8 Å². The highest BCUT2D eigenvalue weighted by Crippen LogP contribution is 2.56. The van der Waals surface area contributed by atoms with E-state index < -0.39 is 63.7 Å². The molecule has 36 heavy (non-hydrogen) atoms. The first-order chi connectivity index (χ1) is 16.6. The van der Waals surface area contributed by atoms with E-state index in [1.807, 2.05) is 0 Å². The maximum atomic E-state index is 12.2. The lowest BCUT2D eigenvalue weighted by molar-refractivity contribution is -0.174. The molecule has 0 aliphatic carbocycles. The van der Waals surface area contributed by atoms with Gasteiger partial charge in [-0.15, -0.1) is 6.42 Å². The summed E-state index contributed by atoms with van der Waals surface area (Å²) in [6.45, 7) is 1.13. The van der Waals surface area contributed by atoms with Gasteiger partial charge in [-0.05, 0) is 11.6 Å². The third-order valence-corrected chi connectivity index (χ3v) is 8.60. The van der Waals surface area contributed by atoms with Gasteiger partial charge in [0.2, 0.25) is 17.0 Å². The lowest BCUT2D eigenvalue weighted by Crippen LogP contribution is -2.53. The van der Waals surface area contributed by atoms with Gasteiger partial charge in [-0.2, -0.15) is 4.98 Å². The first-order valence-electron chi connectivity index (χ1n) is 9.65. The van der Waals surface area contributed by atoms with Crippen molar-refractivity contribution in [2.75, 3.05) is 12.5 Å². The zero-order chi connectivity index (χ0) is 27.1. The molecular formula is C17H18Cl2N4O11P2. The molecule has 0 bridgehead atoms. The fourth-order valence-electron chi connectivity index (χ4n) is 3.50. The van der Waals surface area contributed by atoms with Crippen molar-refractivity contribution in [2.24, 2.45) is 0 Å². The van der Waals surface area contributed by atoms with Gasteiger partial charge in [-0.3, -0.25) is 23.3 Å². The Hall–Kier alpha value is -2.11. The van der Waals surface area contributed by atoms with Gasteiger partial charge in [0.1, 0.15) is 11.6 Å². The predicted octanol–water partition coefficient (Wildman–Crippen LogP) is 1.23. The van der Waals surface area contributed by atoms with Crippen LogP contribution >= 0.6 is 38.4 Å². The Morgan fingerprint density at radius 2 is 1.92 bits per heavy atom. The van der Waals surface area contributed by atoms with Crippen molar-refractivity contribution in [3.05, 3.63) is 16.8 Å². The molecule has 0 saturated carbocycles. The molecule has 2 aromatic rings. The second kappa shape index (κ2) is 10.3. The second-order valence-electron chi connectivity index (χ2n) is 7.42. The average molecular weight is 587 g/mol. The summed E-state index contributed by atoms with van der Waals surface area (Å²) in [4.78, 5) is 63.8. The third-order valence-electron chi connectivity index (χ3n) is 4.71. The number of carbonyl (C=O) groups excluding carboxylic acids is 2. The van der Waals surface area contributed by atoms with Crippen molar-refractivity contribution in [3.8, 4) is 12.3 Å². The van der Waals surface area contributed by atoms with Crippen molar-refractivity contribution in [2.45, 2.75) is 37.9 Å². The fourth-order valence-corrected chi connectivity index (χ4v) is 6.48. The zero-order valence-electron chi connectivity index (χ0n) is 18.3. The normalized spacial score (nSPS) is 25.8. The van der Waals surface area contributed by atoms with Crippen LogP contribution in [0.2, 0.25) is 10.4 Å². The van der Waals surface area contributed by atoms with Crippen LogP contribution in [0.15, 0.2) is 6.33 Å². The Morgan fingerprint density at radius 3 is 2.47 bits per heavy atom. The lowest BCUT2D eigenvalue weighted by atomic mass is 9.92. The van der Waals surface area contributed by atoms with E-state index in [1.54, 1.807) is 0 Å². The van der Waals surface area contributed by atoms with Crippen LogP contribution in [0.5, 0.6) is 0 Å². The number of hydrogen-bond acceptors (Lipinski definition) is 11. The average Bonchev–Trinajstić information content (AvgIpc) is 3.24. The maximum Gasteiger partial charge on any atom is 0.340 e. The van der Waals surface area contributed by atoms with Crippen LogP contribution in [0.25, 0.3) is 11.2 Å². The number of imidazole rings is 1. The van der Waals surface area contributed by atoms with Crippen molar-refractivity contribution in [1.82, 2.24) is 19.5 Å². The molecule has 2 aromatic heterocycles. The quantitative estimate of drug-likeness (QED) is 0.131. The van der Waals surface area contributed by atoms with Gasteiger partial charge < -0.3 is 33.4 Å². The number of halogens is 2. The van der Waals surface area contributed by atoms with E-state index in [0.717, 1.165) is 13.8 Å². The molecule has 3 rings (SSSR count). The molecule has 15 nitrogen and oxygen atoms in total. The smallest absolute Gasteiger partial charge is 0.340 e. The van der Waals surface area contributed by atoms with Gasteiger partial charge >= 0.3 is 27.1 Å². The first kappa shape index (κ1) is 28.5. The number of carbonyl (C=O) groups is 2. The minimum absolute atomic E-state index is 0.00629. The van der Waals surface area contributed by atoms with Crippen molar-refractivity contribution >= 4 is 61.5 Å². The standard InChI is InChI=1S/C17H18Cl2N4O11P2/c1-4-17(34-9(3)25)10(5-31-36(29,30)7-35(26,27)28)33-15(12(17)32-8(2)24)23-6-20-11-13(18)21-16(19)22-14(11)23/h1,6,10,12,15H,5,7H2,2-3H3,(H,29,30)(H2,26,27,28)/t10-,12+,15-,17-/m1/s1. The van der Waals surface area contributed by atoms with Crippen LogP contribution in [0.4, 0.5) is 0 Å². The number of nitrogens with zero attached hydrogens (tertiary/aromatic N) is 4. The number of ether oxygens (including phenoxy) is 3. The van der Waals surface area contributed by atoms with Gasteiger partial charge in [-0.25, -0.2) is 9.97 Å². The summed E-state index contributed by atoms with van der Waals surface area (Å²) in [6, 6.07) is 0. The molecule has 0 amide bonds. The Morgan fingerprint density at radius 1 is 1.25 bits per heavy atom. The molecule has 1 fully saturated rings. The monoisotopic (exact) mass is 586 g/mol. The first-order valence-corrected chi connectivity index (χ1v) is 14.0. The van der Waals surface area contributed by atoms with Crippen molar-refractivity contribution in [1.29, 1.82) is 0 Å². The molecule has 0 spiro atoms. The van der Waals surface area contributed by atoms with Crippen molar-refractivity contribution in [3.63, 3.8) is 0 Å². The fraction of sp³-hybridized carbons (Fsp3) is 0.471. The molecule has 19 heteroatoms. The predicted molar refractivity (Wildman–Crippen MR) is 121 cm³/mol. The minimum atomic E-state index is -4.96. The lowest BCUT2D eigenvalue weighted by Gasteiger charge is -2.32. The molecule has 196 valence electrons.